The number of benzene rings is 2. The van der Waals surface area contributed by atoms with Crippen LogP contribution in [0.5, 0.6) is 0 Å². The van der Waals surface area contributed by atoms with Gasteiger partial charge in [-0.2, -0.15) is 0 Å². The van der Waals surface area contributed by atoms with E-state index >= 15 is 0 Å². The smallest absolute Gasteiger partial charge is 0.243 e. The second kappa shape index (κ2) is 12.2. The Morgan fingerprint density at radius 2 is 1.90 bits per heavy atom. The summed E-state index contributed by atoms with van der Waals surface area (Å²) in [4.78, 5) is 49.2. The summed E-state index contributed by atoms with van der Waals surface area (Å²) in [7, 11) is 0. The predicted molar refractivity (Wildman–Crippen MR) is 151 cm³/mol. The molecule has 1 aliphatic carbocycles. The molecule has 2 fully saturated rings. The molecule has 1 aliphatic heterocycles. The van der Waals surface area contributed by atoms with E-state index in [-0.39, 0.29) is 48.1 Å². The summed E-state index contributed by atoms with van der Waals surface area (Å²) in [5, 5.41) is 5.85. The number of nitrogens with one attached hydrogen (secondary N) is 3. The van der Waals surface area contributed by atoms with Gasteiger partial charge in [-0.15, -0.1) is 0 Å². The molecule has 0 unspecified atom stereocenters. The van der Waals surface area contributed by atoms with Gasteiger partial charge in [0.2, 0.25) is 17.7 Å². The fraction of sp³-hybridized carbons (Fsp3) is 0.484. The van der Waals surface area contributed by atoms with Crippen molar-refractivity contribution in [2.45, 2.75) is 82.8 Å². The Labute approximate surface area is 234 Å². The number of halogens is 1. The van der Waals surface area contributed by atoms with E-state index in [1.54, 1.807) is 19.1 Å². The highest BCUT2D eigenvalue weighted by Crippen LogP contribution is 2.47. The van der Waals surface area contributed by atoms with Crippen molar-refractivity contribution in [1.29, 1.82) is 0 Å². The third-order valence-corrected chi connectivity index (χ3v) is 8.30. The average Bonchev–Trinajstić information content (AvgIpc) is 3.66. The molecule has 2 aliphatic rings. The van der Waals surface area contributed by atoms with Gasteiger partial charge in [-0.1, -0.05) is 43.3 Å². The van der Waals surface area contributed by atoms with Crippen molar-refractivity contribution in [3.8, 4) is 0 Å². The van der Waals surface area contributed by atoms with Crippen LogP contribution in [0.4, 0.5) is 4.39 Å². The van der Waals surface area contributed by atoms with Gasteiger partial charge in [0, 0.05) is 24.9 Å². The van der Waals surface area contributed by atoms with E-state index in [9.17, 15) is 18.8 Å². The molecule has 3 N–H and O–H groups in total. The van der Waals surface area contributed by atoms with E-state index in [4.69, 9.17) is 0 Å². The Bertz CT molecular complexity index is 1360. The molecular weight excluding hydrogens is 509 g/mol. The monoisotopic (exact) mass is 547 g/mol. The Morgan fingerprint density at radius 1 is 1.10 bits per heavy atom. The fourth-order valence-electron chi connectivity index (χ4n) is 5.87. The Kier molecular flexibility index (Phi) is 8.47. The third-order valence-electron chi connectivity index (χ3n) is 8.30. The lowest BCUT2D eigenvalue weighted by Crippen LogP contribution is -2.49. The number of aromatic amines is 1. The first-order valence-electron chi connectivity index (χ1n) is 14.4. The van der Waals surface area contributed by atoms with Crippen molar-refractivity contribution >= 4 is 28.8 Å². The number of carbonyl (C=O) groups excluding carboxylic acids is 3. The first-order chi connectivity index (χ1) is 19.4. The first kappa shape index (κ1) is 27.8. The van der Waals surface area contributed by atoms with Crippen LogP contribution in [0.1, 0.15) is 82.1 Å². The van der Waals surface area contributed by atoms with Gasteiger partial charge < -0.3 is 20.5 Å². The zero-order chi connectivity index (χ0) is 28.2. The van der Waals surface area contributed by atoms with Crippen molar-refractivity contribution < 1.29 is 18.8 Å². The summed E-state index contributed by atoms with van der Waals surface area (Å²) in [5.41, 5.74) is 1.86. The number of imidazole rings is 1. The SMILES string of the molecule is CC[C@H]1CCCCN1C(=O)CC[C@H](NC(=O)[C@@H]1C[C@H]1c1ccccc1)C(=O)N[C@@H](C)c1nc2c(F)cccc2[nH]1. The van der Waals surface area contributed by atoms with Crippen LogP contribution < -0.4 is 10.6 Å². The van der Waals surface area contributed by atoms with Crippen molar-refractivity contribution in [1.82, 2.24) is 25.5 Å². The Balaban J connectivity index is 1.27. The van der Waals surface area contributed by atoms with Crippen molar-refractivity contribution in [2.24, 2.45) is 5.92 Å². The highest BCUT2D eigenvalue weighted by molar-refractivity contribution is 5.91. The Hall–Kier alpha value is -3.75. The van der Waals surface area contributed by atoms with E-state index in [1.165, 1.54) is 6.07 Å². The standard InChI is InChI=1S/C31H38FN5O3/c1-3-21-12-7-8-17-37(21)27(38)16-15-26(35-30(39)23-18-22(23)20-10-5-4-6-11-20)31(40)33-19(2)29-34-25-14-9-13-24(32)28(25)36-29/h4-6,9-11,13-14,19,21-23,26H,3,7-8,12,15-18H2,1-2H3,(H,33,40)(H,34,36)(H,35,39)/t19-,21-,22-,23+,26-/m0/s1. The van der Waals surface area contributed by atoms with Crippen molar-refractivity contribution in [3.05, 3.63) is 65.7 Å². The highest BCUT2D eigenvalue weighted by Gasteiger charge is 2.44. The highest BCUT2D eigenvalue weighted by atomic mass is 19.1. The molecule has 5 rings (SSSR count). The summed E-state index contributed by atoms with van der Waals surface area (Å²) in [6, 6.07) is 13.4. The van der Waals surface area contributed by atoms with Gasteiger partial charge in [-0.05, 0) is 69.1 Å². The number of fused-ring (bicyclic) bond motifs is 1. The van der Waals surface area contributed by atoms with Crippen molar-refractivity contribution in [3.63, 3.8) is 0 Å². The number of nitrogens with zero attached hydrogens (tertiary/aromatic N) is 2. The minimum atomic E-state index is -0.873. The lowest BCUT2D eigenvalue weighted by Gasteiger charge is -2.35. The minimum absolute atomic E-state index is 0.0213. The second-order valence-corrected chi connectivity index (χ2v) is 11.1. The number of amides is 3. The molecule has 9 heteroatoms. The lowest BCUT2D eigenvalue weighted by atomic mass is 9.99. The predicted octanol–water partition coefficient (Wildman–Crippen LogP) is 4.74. The number of H-pyrrole nitrogens is 1. The number of carbonyl (C=O) groups is 3. The second-order valence-electron chi connectivity index (χ2n) is 11.1. The van der Waals surface area contributed by atoms with Gasteiger partial charge in [0.15, 0.2) is 5.82 Å². The molecule has 40 heavy (non-hydrogen) atoms. The molecule has 0 spiro atoms. The summed E-state index contributed by atoms with van der Waals surface area (Å²) >= 11 is 0. The number of hydrogen-bond donors (Lipinski definition) is 3. The van der Waals surface area contributed by atoms with E-state index in [0.717, 1.165) is 44.2 Å². The molecule has 3 amide bonds. The zero-order valence-electron chi connectivity index (χ0n) is 23.2. The van der Waals surface area contributed by atoms with Crippen LogP contribution in [-0.4, -0.2) is 51.2 Å². The van der Waals surface area contributed by atoms with Gasteiger partial charge >= 0.3 is 0 Å². The molecular formula is C31H38FN5O3. The number of rotatable bonds is 10. The molecule has 212 valence electrons. The van der Waals surface area contributed by atoms with Crippen LogP contribution in [0.25, 0.3) is 11.0 Å². The van der Waals surface area contributed by atoms with Gasteiger partial charge in [0.1, 0.15) is 17.4 Å². The molecule has 0 radical (unpaired) electrons. The molecule has 5 atom stereocenters. The maximum atomic E-state index is 14.2. The van der Waals surface area contributed by atoms with Crippen LogP contribution in [0, 0.1) is 11.7 Å². The molecule has 2 aromatic carbocycles. The van der Waals surface area contributed by atoms with Gasteiger partial charge in [-0.25, -0.2) is 9.37 Å². The van der Waals surface area contributed by atoms with Crippen LogP contribution in [0.2, 0.25) is 0 Å². The third kappa shape index (κ3) is 6.18. The summed E-state index contributed by atoms with van der Waals surface area (Å²) < 4.78 is 14.2. The summed E-state index contributed by atoms with van der Waals surface area (Å²) in [5.74, 6) is -0.637. The van der Waals surface area contributed by atoms with E-state index < -0.39 is 23.8 Å². The normalized spacial score (nSPS) is 22.0. The fourth-order valence-corrected chi connectivity index (χ4v) is 5.87. The minimum Gasteiger partial charge on any atom is -0.345 e. The van der Waals surface area contributed by atoms with Gasteiger partial charge in [0.25, 0.3) is 0 Å². The maximum absolute atomic E-state index is 14.2. The lowest BCUT2D eigenvalue weighted by molar-refractivity contribution is -0.136. The van der Waals surface area contributed by atoms with Crippen LogP contribution in [0.3, 0.4) is 0 Å². The number of aromatic nitrogens is 2. The van der Waals surface area contributed by atoms with Crippen LogP contribution >= 0.6 is 0 Å². The van der Waals surface area contributed by atoms with Gasteiger partial charge in [0.05, 0.1) is 11.6 Å². The topological polar surface area (TPSA) is 107 Å². The first-order valence-corrected chi connectivity index (χ1v) is 14.4. The quantitative estimate of drug-likeness (QED) is 0.341. The summed E-state index contributed by atoms with van der Waals surface area (Å²) in [6.45, 7) is 4.58. The number of hydrogen-bond acceptors (Lipinski definition) is 4. The molecule has 8 nitrogen and oxygen atoms in total. The molecule has 0 bridgehead atoms. The average molecular weight is 548 g/mol. The molecule has 3 aromatic rings. The number of para-hydroxylation sites is 1. The molecule has 1 saturated carbocycles. The maximum Gasteiger partial charge on any atom is 0.243 e. The Morgan fingerprint density at radius 3 is 2.65 bits per heavy atom. The number of likely N-dealkylation sites (tertiary alicyclic amines) is 1. The molecule has 1 aromatic heterocycles. The number of piperidine rings is 1. The van der Waals surface area contributed by atoms with Crippen LogP contribution in [-0.2, 0) is 14.4 Å². The van der Waals surface area contributed by atoms with E-state index in [0.29, 0.717) is 11.3 Å². The van der Waals surface area contributed by atoms with Crippen LogP contribution in [0.15, 0.2) is 48.5 Å². The van der Waals surface area contributed by atoms with E-state index in [2.05, 4.69) is 27.5 Å². The molecule has 2 heterocycles. The zero-order valence-corrected chi connectivity index (χ0v) is 23.2. The van der Waals surface area contributed by atoms with Crippen molar-refractivity contribution in [2.75, 3.05) is 6.54 Å². The molecule has 1 saturated heterocycles. The van der Waals surface area contributed by atoms with Gasteiger partial charge in [-0.3, -0.25) is 14.4 Å². The van der Waals surface area contributed by atoms with E-state index in [1.807, 2.05) is 35.2 Å². The summed E-state index contributed by atoms with van der Waals surface area (Å²) in [6.07, 6.45) is 5.12. The largest absolute Gasteiger partial charge is 0.345 e.